The number of hydrogen-bond acceptors (Lipinski definition) is 2. The second-order valence-electron chi connectivity index (χ2n) is 2.75. The molecule has 5 heteroatoms. The van der Waals surface area contributed by atoms with Gasteiger partial charge in [0.25, 0.3) is 0 Å². The zero-order valence-corrected chi connectivity index (χ0v) is 6.27. The second kappa shape index (κ2) is 3.31. The van der Waals surface area contributed by atoms with Crippen LogP contribution >= 0.6 is 0 Å². The minimum atomic E-state index is -4.23. The van der Waals surface area contributed by atoms with E-state index in [1.165, 1.54) is 0 Å². The maximum atomic E-state index is 11.8. The van der Waals surface area contributed by atoms with Crippen LogP contribution in [0.2, 0.25) is 0 Å². The van der Waals surface area contributed by atoms with Gasteiger partial charge in [-0.2, -0.15) is 18.4 Å². The first-order chi connectivity index (χ1) is 5.53. The number of rotatable bonds is 1. The zero-order chi connectivity index (χ0) is 9.19. The van der Waals surface area contributed by atoms with Crippen molar-refractivity contribution in [3.63, 3.8) is 0 Å². The van der Waals surface area contributed by atoms with E-state index >= 15 is 0 Å². The summed E-state index contributed by atoms with van der Waals surface area (Å²) in [5.41, 5.74) is 0. The van der Waals surface area contributed by atoms with Crippen molar-refractivity contribution in [3.05, 3.63) is 0 Å². The van der Waals surface area contributed by atoms with E-state index in [-0.39, 0.29) is 6.61 Å². The zero-order valence-electron chi connectivity index (χ0n) is 6.27. The van der Waals surface area contributed by atoms with Gasteiger partial charge < -0.3 is 4.74 Å². The molecule has 1 rings (SSSR count). The van der Waals surface area contributed by atoms with Crippen molar-refractivity contribution in [2.75, 3.05) is 6.61 Å². The van der Waals surface area contributed by atoms with E-state index in [9.17, 15) is 13.2 Å². The normalized spacial score (nSPS) is 30.2. The molecule has 1 aliphatic rings. The Morgan fingerprint density at radius 3 is 2.67 bits per heavy atom. The molecular formula is C7H8F3NO. The van der Waals surface area contributed by atoms with Crippen LogP contribution in [-0.2, 0) is 4.74 Å². The van der Waals surface area contributed by atoms with Gasteiger partial charge in [0.2, 0.25) is 0 Å². The van der Waals surface area contributed by atoms with Crippen LogP contribution in [0.1, 0.15) is 12.8 Å². The van der Waals surface area contributed by atoms with Crippen molar-refractivity contribution >= 4 is 0 Å². The van der Waals surface area contributed by atoms with Crippen LogP contribution in [0, 0.1) is 17.2 Å². The smallest absolute Gasteiger partial charge is 0.376 e. The molecule has 0 bridgehead atoms. The average molecular weight is 179 g/mol. The van der Waals surface area contributed by atoms with Crippen LogP contribution in [0.15, 0.2) is 0 Å². The number of nitrogens with zero attached hydrogens (tertiary/aromatic N) is 1. The lowest BCUT2D eigenvalue weighted by atomic mass is 10.0. The summed E-state index contributed by atoms with van der Waals surface area (Å²) in [5, 5.41) is 8.44. The fourth-order valence-corrected chi connectivity index (χ4v) is 1.23. The SMILES string of the molecule is N#CC1CCOC1CC(F)(F)F. The van der Waals surface area contributed by atoms with E-state index in [1.54, 1.807) is 0 Å². The van der Waals surface area contributed by atoms with E-state index in [0.717, 1.165) is 0 Å². The van der Waals surface area contributed by atoms with Crippen LogP contribution in [0.3, 0.4) is 0 Å². The van der Waals surface area contributed by atoms with Gasteiger partial charge in [-0.3, -0.25) is 0 Å². The van der Waals surface area contributed by atoms with Crippen molar-refractivity contribution in [1.29, 1.82) is 5.26 Å². The number of halogens is 3. The molecule has 0 aromatic rings. The highest BCUT2D eigenvalue weighted by atomic mass is 19.4. The van der Waals surface area contributed by atoms with Gasteiger partial charge in [0.15, 0.2) is 0 Å². The Kier molecular flexibility index (Phi) is 2.58. The first-order valence-electron chi connectivity index (χ1n) is 3.61. The average Bonchev–Trinajstić information content (AvgIpc) is 2.31. The van der Waals surface area contributed by atoms with Crippen molar-refractivity contribution in [3.8, 4) is 6.07 Å². The monoisotopic (exact) mass is 179 g/mol. The highest BCUT2D eigenvalue weighted by Crippen LogP contribution is 2.31. The topological polar surface area (TPSA) is 33.0 Å². The maximum absolute atomic E-state index is 11.8. The summed E-state index contributed by atoms with van der Waals surface area (Å²) in [6.07, 6.45) is -5.78. The molecule has 68 valence electrons. The van der Waals surface area contributed by atoms with Crippen LogP contribution in [0.5, 0.6) is 0 Å². The number of ether oxygens (including phenoxy) is 1. The predicted octanol–water partition coefficient (Wildman–Crippen LogP) is 1.87. The van der Waals surface area contributed by atoms with Crippen molar-refractivity contribution in [2.24, 2.45) is 5.92 Å². The molecule has 2 nitrogen and oxygen atoms in total. The number of nitriles is 1. The molecule has 1 fully saturated rings. The second-order valence-corrected chi connectivity index (χ2v) is 2.75. The first kappa shape index (κ1) is 9.33. The Bertz CT molecular complexity index is 196. The first-order valence-corrected chi connectivity index (χ1v) is 3.61. The summed E-state index contributed by atoms with van der Waals surface area (Å²) >= 11 is 0. The Hall–Kier alpha value is -0.760. The molecular weight excluding hydrogens is 171 g/mol. The quantitative estimate of drug-likeness (QED) is 0.615. The molecule has 1 saturated heterocycles. The fourth-order valence-electron chi connectivity index (χ4n) is 1.23. The summed E-state index contributed by atoms with van der Waals surface area (Å²) in [7, 11) is 0. The van der Waals surface area contributed by atoms with E-state index in [1.807, 2.05) is 6.07 Å². The van der Waals surface area contributed by atoms with Gasteiger partial charge in [-0.25, -0.2) is 0 Å². The van der Waals surface area contributed by atoms with Crippen LogP contribution < -0.4 is 0 Å². The molecule has 0 aromatic carbocycles. The van der Waals surface area contributed by atoms with Crippen LogP contribution in [0.4, 0.5) is 13.2 Å². The molecule has 1 aliphatic heterocycles. The number of hydrogen-bond donors (Lipinski definition) is 0. The third-order valence-corrected chi connectivity index (χ3v) is 1.81. The van der Waals surface area contributed by atoms with Gasteiger partial charge in [-0.05, 0) is 6.42 Å². The van der Waals surface area contributed by atoms with Gasteiger partial charge >= 0.3 is 6.18 Å². The Morgan fingerprint density at radius 2 is 2.17 bits per heavy atom. The van der Waals surface area contributed by atoms with Crippen LogP contribution in [0.25, 0.3) is 0 Å². The third-order valence-electron chi connectivity index (χ3n) is 1.81. The van der Waals surface area contributed by atoms with Gasteiger partial charge in [-0.15, -0.1) is 0 Å². The molecule has 0 aromatic heterocycles. The summed E-state index contributed by atoms with van der Waals surface area (Å²) in [5.74, 6) is -0.591. The van der Waals surface area contributed by atoms with Gasteiger partial charge in [0.1, 0.15) is 0 Å². The fraction of sp³-hybridized carbons (Fsp3) is 0.857. The van der Waals surface area contributed by atoms with E-state index in [4.69, 9.17) is 10.00 Å². The Morgan fingerprint density at radius 1 is 1.50 bits per heavy atom. The lowest BCUT2D eigenvalue weighted by Crippen LogP contribution is -2.23. The van der Waals surface area contributed by atoms with Gasteiger partial charge in [0, 0.05) is 6.61 Å². The lowest BCUT2D eigenvalue weighted by Gasteiger charge is -2.14. The highest BCUT2D eigenvalue weighted by molar-refractivity contribution is 4.93. The minimum Gasteiger partial charge on any atom is -0.376 e. The predicted molar refractivity (Wildman–Crippen MR) is 34.1 cm³/mol. The highest BCUT2D eigenvalue weighted by Gasteiger charge is 2.39. The minimum absolute atomic E-state index is 0.263. The van der Waals surface area contributed by atoms with Gasteiger partial charge in [-0.1, -0.05) is 0 Å². The maximum Gasteiger partial charge on any atom is 0.391 e. The standard InChI is InChI=1S/C7H8F3NO/c8-7(9,10)3-6-5(4-11)1-2-12-6/h5-6H,1-3H2. The van der Waals surface area contributed by atoms with Gasteiger partial charge in [0.05, 0.1) is 24.5 Å². The third kappa shape index (κ3) is 2.38. The molecule has 2 unspecified atom stereocenters. The molecule has 0 radical (unpaired) electrons. The largest absolute Gasteiger partial charge is 0.391 e. The summed E-state index contributed by atoms with van der Waals surface area (Å²) in [6.45, 7) is 0.263. The molecule has 1 heterocycles. The van der Waals surface area contributed by atoms with Crippen LogP contribution in [-0.4, -0.2) is 18.9 Å². The molecule has 12 heavy (non-hydrogen) atoms. The Balaban J connectivity index is 2.48. The molecule has 2 atom stereocenters. The molecule has 0 amide bonds. The van der Waals surface area contributed by atoms with E-state index < -0.39 is 24.6 Å². The summed E-state index contributed by atoms with van der Waals surface area (Å²) in [4.78, 5) is 0. The van der Waals surface area contributed by atoms with Crippen molar-refractivity contribution < 1.29 is 17.9 Å². The Labute approximate surface area is 67.9 Å². The van der Waals surface area contributed by atoms with Crippen molar-refractivity contribution in [1.82, 2.24) is 0 Å². The molecule has 0 spiro atoms. The molecule has 0 N–H and O–H groups in total. The lowest BCUT2D eigenvalue weighted by molar-refractivity contribution is -0.157. The van der Waals surface area contributed by atoms with Crippen molar-refractivity contribution in [2.45, 2.75) is 25.1 Å². The van der Waals surface area contributed by atoms with E-state index in [2.05, 4.69) is 0 Å². The van der Waals surface area contributed by atoms with E-state index in [0.29, 0.717) is 6.42 Å². The summed E-state index contributed by atoms with van der Waals surface area (Å²) < 4.78 is 40.3. The molecule has 0 aliphatic carbocycles. The molecule has 0 saturated carbocycles. The summed E-state index contributed by atoms with van der Waals surface area (Å²) in [6, 6.07) is 1.81. The number of alkyl halides is 3.